The first-order chi connectivity index (χ1) is 5.87. The molecule has 2 rings (SSSR count). The van der Waals surface area contributed by atoms with Crippen LogP contribution in [0, 0.1) is 5.92 Å². The first kappa shape index (κ1) is 7.10. The van der Waals surface area contributed by atoms with Gasteiger partial charge in [-0.3, -0.25) is 0 Å². The third-order valence-electron chi connectivity index (χ3n) is 3.15. The Morgan fingerprint density at radius 1 is 1.75 bits per heavy atom. The minimum absolute atomic E-state index is 0.0606. The van der Waals surface area contributed by atoms with Crippen molar-refractivity contribution in [2.75, 3.05) is 0 Å². The van der Waals surface area contributed by atoms with Crippen LogP contribution < -0.4 is 0 Å². The molecule has 1 aliphatic heterocycles. The average Bonchev–Trinajstić information content (AvgIpc) is 2.61. The van der Waals surface area contributed by atoms with Gasteiger partial charge < -0.3 is 9.84 Å². The summed E-state index contributed by atoms with van der Waals surface area (Å²) in [5, 5.41) is 9.86. The molecule has 1 saturated carbocycles. The van der Waals surface area contributed by atoms with Gasteiger partial charge in [0.25, 0.3) is 0 Å². The molecular weight excluding hydrogens is 152 g/mol. The first-order valence-corrected chi connectivity index (χ1v) is 4.42. The Kier molecular flexibility index (Phi) is 1.38. The lowest BCUT2D eigenvalue weighted by Gasteiger charge is -2.27. The zero-order valence-corrected chi connectivity index (χ0v) is 7.63. The SMILES string of the molecule is [2H][C@@]1(O)C[C@H](C(=C)C)C[C@@H]2O[C@@]21C. The van der Waals surface area contributed by atoms with Crippen molar-refractivity contribution in [2.45, 2.75) is 44.5 Å². The fraction of sp³-hybridized carbons (Fsp3) is 0.800. The lowest BCUT2D eigenvalue weighted by molar-refractivity contribution is 0.0641. The normalized spacial score (nSPS) is 58.8. The van der Waals surface area contributed by atoms with Crippen LogP contribution in [0.5, 0.6) is 0 Å². The molecule has 0 aromatic rings. The van der Waals surface area contributed by atoms with Crippen LogP contribution in [0.4, 0.5) is 0 Å². The maximum atomic E-state index is 9.86. The molecule has 2 nitrogen and oxygen atoms in total. The summed E-state index contributed by atoms with van der Waals surface area (Å²) >= 11 is 0. The highest BCUT2D eigenvalue weighted by Gasteiger charge is 2.60. The van der Waals surface area contributed by atoms with E-state index in [0.29, 0.717) is 6.42 Å². The molecule has 0 bridgehead atoms. The summed E-state index contributed by atoms with van der Waals surface area (Å²) in [6.45, 7) is 7.64. The number of ether oxygens (including phenoxy) is 1. The fourth-order valence-electron chi connectivity index (χ4n) is 1.94. The van der Waals surface area contributed by atoms with E-state index in [4.69, 9.17) is 6.11 Å². The van der Waals surface area contributed by atoms with Crippen LogP contribution in [0.3, 0.4) is 0 Å². The van der Waals surface area contributed by atoms with Gasteiger partial charge in [-0.25, -0.2) is 0 Å². The molecule has 0 aromatic heterocycles. The van der Waals surface area contributed by atoms with Crippen LogP contribution in [-0.4, -0.2) is 22.9 Å². The summed E-state index contributed by atoms with van der Waals surface area (Å²) < 4.78 is 13.2. The Labute approximate surface area is 74.6 Å². The van der Waals surface area contributed by atoms with Crippen molar-refractivity contribution in [3.05, 3.63) is 12.2 Å². The van der Waals surface area contributed by atoms with E-state index < -0.39 is 11.7 Å². The van der Waals surface area contributed by atoms with Crippen molar-refractivity contribution in [1.29, 1.82) is 0 Å². The second-order valence-corrected chi connectivity index (χ2v) is 4.14. The van der Waals surface area contributed by atoms with Crippen LogP contribution in [0.2, 0.25) is 0 Å². The minimum Gasteiger partial charge on any atom is -0.390 e. The second-order valence-electron chi connectivity index (χ2n) is 4.14. The quantitative estimate of drug-likeness (QED) is 0.476. The number of rotatable bonds is 1. The van der Waals surface area contributed by atoms with Crippen LogP contribution in [0.1, 0.15) is 28.1 Å². The van der Waals surface area contributed by atoms with E-state index in [-0.39, 0.29) is 12.0 Å². The zero-order valence-electron chi connectivity index (χ0n) is 8.63. The molecule has 1 saturated heterocycles. The van der Waals surface area contributed by atoms with Gasteiger partial charge in [0.2, 0.25) is 0 Å². The van der Waals surface area contributed by atoms with Gasteiger partial charge in [-0.15, -0.1) is 0 Å². The van der Waals surface area contributed by atoms with E-state index in [2.05, 4.69) is 6.58 Å². The smallest absolute Gasteiger partial charge is 0.118 e. The van der Waals surface area contributed by atoms with Gasteiger partial charge in [0.05, 0.1) is 13.6 Å². The molecule has 1 aliphatic carbocycles. The van der Waals surface area contributed by atoms with E-state index in [1.807, 2.05) is 13.8 Å². The predicted octanol–water partition coefficient (Wildman–Crippen LogP) is 1.49. The van der Waals surface area contributed by atoms with Gasteiger partial charge in [0, 0.05) is 0 Å². The largest absolute Gasteiger partial charge is 0.390 e. The van der Waals surface area contributed by atoms with E-state index >= 15 is 0 Å². The molecular formula is C10H16O2. The second kappa shape index (κ2) is 2.33. The lowest BCUT2D eigenvalue weighted by atomic mass is 9.78. The monoisotopic (exact) mass is 169 g/mol. The predicted molar refractivity (Wildman–Crippen MR) is 46.8 cm³/mol. The lowest BCUT2D eigenvalue weighted by Crippen LogP contribution is -2.36. The van der Waals surface area contributed by atoms with Crippen molar-refractivity contribution in [2.24, 2.45) is 5.92 Å². The standard InChI is InChI=1S/C10H16O2/c1-6(2)7-4-8(11)10(3)9(5-7)12-10/h7-9,11H,1,4-5H2,2-3H3/t7-,8+,9-,10+/m0/s1/i8D. The van der Waals surface area contributed by atoms with Gasteiger partial charge in [-0.1, -0.05) is 12.2 Å². The molecule has 0 spiro atoms. The Bertz CT molecular complexity index is 262. The summed E-state index contributed by atoms with van der Waals surface area (Å²) in [6, 6.07) is 0. The summed E-state index contributed by atoms with van der Waals surface area (Å²) in [4.78, 5) is 0. The number of hydrogen-bond donors (Lipinski definition) is 1. The summed E-state index contributed by atoms with van der Waals surface area (Å²) in [5.74, 6) is 0.239. The Morgan fingerprint density at radius 2 is 2.42 bits per heavy atom. The Hall–Kier alpha value is -0.340. The van der Waals surface area contributed by atoms with E-state index in [1.54, 1.807) is 0 Å². The van der Waals surface area contributed by atoms with Crippen LogP contribution in [-0.2, 0) is 4.74 Å². The van der Waals surface area contributed by atoms with Crippen LogP contribution in [0.15, 0.2) is 12.2 Å². The number of allylic oxidation sites excluding steroid dienone is 1. The summed E-state index contributed by atoms with van der Waals surface area (Å²) in [6.07, 6.45) is -0.00697. The molecule has 68 valence electrons. The zero-order chi connectivity index (χ0) is 9.85. The molecule has 0 radical (unpaired) electrons. The minimum atomic E-state index is -1.43. The van der Waals surface area contributed by atoms with Gasteiger partial charge in [-0.05, 0) is 32.6 Å². The van der Waals surface area contributed by atoms with Crippen LogP contribution in [0.25, 0.3) is 0 Å². The highest BCUT2D eigenvalue weighted by molar-refractivity contribution is 5.14. The molecule has 0 amide bonds. The van der Waals surface area contributed by atoms with Gasteiger partial charge in [0.15, 0.2) is 0 Å². The van der Waals surface area contributed by atoms with E-state index in [1.165, 1.54) is 0 Å². The van der Waals surface area contributed by atoms with Gasteiger partial charge in [0.1, 0.15) is 5.60 Å². The number of hydrogen-bond acceptors (Lipinski definition) is 2. The van der Waals surface area contributed by atoms with Gasteiger partial charge in [-0.2, -0.15) is 0 Å². The van der Waals surface area contributed by atoms with Crippen molar-refractivity contribution in [1.82, 2.24) is 0 Å². The Morgan fingerprint density at radius 3 is 2.92 bits per heavy atom. The van der Waals surface area contributed by atoms with E-state index in [9.17, 15) is 5.11 Å². The van der Waals surface area contributed by atoms with Crippen LogP contribution >= 0.6 is 0 Å². The first-order valence-electron chi connectivity index (χ1n) is 4.92. The summed E-state index contributed by atoms with van der Waals surface area (Å²) in [5.41, 5.74) is 0.433. The maximum absolute atomic E-state index is 9.86. The molecule has 2 heteroatoms. The topological polar surface area (TPSA) is 32.8 Å². The molecule has 0 unspecified atom stereocenters. The third-order valence-corrected chi connectivity index (χ3v) is 3.15. The molecule has 12 heavy (non-hydrogen) atoms. The van der Waals surface area contributed by atoms with E-state index in [0.717, 1.165) is 12.0 Å². The highest BCUT2D eigenvalue weighted by atomic mass is 16.6. The molecule has 2 fully saturated rings. The number of fused-ring (bicyclic) bond motifs is 1. The molecule has 2 aliphatic rings. The van der Waals surface area contributed by atoms with Crippen molar-refractivity contribution in [3.63, 3.8) is 0 Å². The average molecular weight is 169 g/mol. The third kappa shape index (κ3) is 1.02. The fourth-order valence-corrected chi connectivity index (χ4v) is 1.94. The molecule has 1 heterocycles. The number of epoxide rings is 1. The molecule has 0 aromatic carbocycles. The molecule has 1 N–H and O–H groups in total. The van der Waals surface area contributed by atoms with Crippen molar-refractivity contribution in [3.8, 4) is 0 Å². The maximum Gasteiger partial charge on any atom is 0.118 e. The highest BCUT2D eigenvalue weighted by Crippen LogP contribution is 2.50. The van der Waals surface area contributed by atoms with Gasteiger partial charge >= 0.3 is 0 Å². The summed E-state index contributed by atoms with van der Waals surface area (Å²) in [7, 11) is 0. The molecule has 4 atom stereocenters. The van der Waals surface area contributed by atoms with Crippen molar-refractivity contribution < 1.29 is 11.2 Å². The Balaban J connectivity index is 2.17. The number of aliphatic hydroxyl groups is 1. The van der Waals surface area contributed by atoms with Crippen molar-refractivity contribution >= 4 is 0 Å².